The Hall–Kier alpha value is -2.23. The van der Waals surface area contributed by atoms with Crippen molar-refractivity contribution in [3.63, 3.8) is 0 Å². The van der Waals surface area contributed by atoms with Crippen LogP contribution in [0.2, 0.25) is 0 Å². The number of methoxy groups -OCH3 is 1. The second-order valence-corrected chi connectivity index (χ2v) is 5.38. The van der Waals surface area contributed by atoms with Gasteiger partial charge >= 0.3 is 6.03 Å². The first kappa shape index (κ1) is 13.7. The van der Waals surface area contributed by atoms with Crippen LogP contribution >= 0.6 is 0 Å². The Balaban J connectivity index is 1.86. The highest BCUT2D eigenvalue weighted by molar-refractivity contribution is 5.96. The molecule has 0 saturated carbocycles. The Kier molecular flexibility index (Phi) is 3.95. The molecule has 1 N–H and O–H groups in total. The summed E-state index contributed by atoms with van der Waals surface area (Å²) < 4.78 is 5.41. The van der Waals surface area contributed by atoms with Gasteiger partial charge in [-0.15, -0.1) is 0 Å². The number of fused-ring (bicyclic) bond motifs is 1. The van der Waals surface area contributed by atoms with Crippen molar-refractivity contribution in [2.45, 2.75) is 19.3 Å². The van der Waals surface area contributed by atoms with Gasteiger partial charge in [-0.1, -0.05) is 24.3 Å². The predicted molar refractivity (Wildman–Crippen MR) is 84.9 cm³/mol. The van der Waals surface area contributed by atoms with Crippen LogP contribution in [0.25, 0.3) is 10.8 Å². The van der Waals surface area contributed by atoms with Crippen LogP contribution in [0.3, 0.4) is 0 Å². The Morgan fingerprint density at radius 3 is 2.43 bits per heavy atom. The van der Waals surface area contributed by atoms with Gasteiger partial charge in [-0.05, 0) is 42.2 Å². The SMILES string of the molecule is COc1cc2ccccc2cc1NC(=O)N1CCCCC1. The highest BCUT2D eigenvalue weighted by Gasteiger charge is 2.18. The van der Waals surface area contributed by atoms with E-state index in [-0.39, 0.29) is 6.03 Å². The maximum atomic E-state index is 12.3. The fraction of sp³-hybridized carbons (Fsp3) is 0.353. The van der Waals surface area contributed by atoms with E-state index in [2.05, 4.69) is 5.32 Å². The van der Waals surface area contributed by atoms with E-state index in [1.54, 1.807) is 7.11 Å². The van der Waals surface area contributed by atoms with Crippen molar-refractivity contribution in [2.75, 3.05) is 25.5 Å². The van der Waals surface area contributed by atoms with Gasteiger partial charge in [-0.3, -0.25) is 0 Å². The summed E-state index contributed by atoms with van der Waals surface area (Å²) in [4.78, 5) is 14.2. The van der Waals surface area contributed by atoms with E-state index in [0.717, 1.165) is 42.4 Å². The number of urea groups is 1. The molecule has 1 aliphatic heterocycles. The summed E-state index contributed by atoms with van der Waals surface area (Å²) in [5.74, 6) is 0.694. The fourth-order valence-electron chi connectivity index (χ4n) is 2.78. The number of carbonyl (C=O) groups excluding carboxylic acids is 1. The molecule has 0 bridgehead atoms. The molecule has 0 unspecified atom stereocenters. The number of hydrogen-bond acceptors (Lipinski definition) is 2. The monoisotopic (exact) mass is 284 g/mol. The smallest absolute Gasteiger partial charge is 0.321 e. The molecule has 2 aromatic rings. The van der Waals surface area contributed by atoms with Crippen LogP contribution in [0.4, 0.5) is 10.5 Å². The minimum Gasteiger partial charge on any atom is -0.495 e. The maximum absolute atomic E-state index is 12.3. The van der Waals surface area contributed by atoms with Crippen molar-refractivity contribution < 1.29 is 9.53 Å². The Bertz CT molecular complexity index is 648. The van der Waals surface area contributed by atoms with Gasteiger partial charge in [0.1, 0.15) is 5.75 Å². The Morgan fingerprint density at radius 2 is 1.76 bits per heavy atom. The van der Waals surface area contributed by atoms with Gasteiger partial charge in [0.25, 0.3) is 0 Å². The topological polar surface area (TPSA) is 41.6 Å². The number of likely N-dealkylation sites (tertiary alicyclic amines) is 1. The summed E-state index contributed by atoms with van der Waals surface area (Å²) in [5, 5.41) is 5.18. The van der Waals surface area contributed by atoms with Crippen molar-refractivity contribution in [3.8, 4) is 5.75 Å². The quantitative estimate of drug-likeness (QED) is 0.909. The molecule has 3 rings (SSSR count). The molecule has 4 nitrogen and oxygen atoms in total. The molecule has 1 aliphatic rings. The molecule has 4 heteroatoms. The number of rotatable bonds is 2. The second-order valence-electron chi connectivity index (χ2n) is 5.38. The van der Waals surface area contributed by atoms with Crippen LogP contribution in [0, 0.1) is 0 Å². The summed E-state index contributed by atoms with van der Waals surface area (Å²) in [7, 11) is 1.63. The molecule has 0 spiro atoms. The third kappa shape index (κ3) is 2.94. The predicted octanol–water partition coefficient (Wildman–Crippen LogP) is 3.87. The molecule has 21 heavy (non-hydrogen) atoms. The van der Waals surface area contributed by atoms with Crippen molar-refractivity contribution >= 4 is 22.5 Å². The molecule has 110 valence electrons. The van der Waals surface area contributed by atoms with Gasteiger partial charge < -0.3 is 15.0 Å². The van der Waals surface area contributed by atoms with Gasteiger partial charge in [0.05, 0.1) is 12.8 Å². The highest BCUT2D eigenvalue weighted by atomic mass is 16.5. The Labute approximate surface area is 124 Å². The molecule has 0 aromatic heterocycles. The number of benzene rings is 2. The van der Waals surface area contributed by atoms with E-state index in [9.17, 15) is 4.79 Å². The van der Waals surface area contributed by atoms with E-state index in [4.69, 9.17) is 4.74 Å². The van der Waals surface area contributed by atoms with Gasteiger partial charge in [0.15, 0.2) is 0 Å². The molecular formula is C17H20N2O2. The number of nitrogens with zero attached hydrogens (tertiary/aromatic N) is 1. The van der Waals surface area contributed by atoms with Crippen molar-refractivity contribution in [1.29, 1.82) is 0 Å². The summed E-state index contributed by atoms with van der Waals surface area (Å²) in [5.41, 5.74) is 0.728. The number of hydrogen-bond donors (Lipinski definition) is 1. The van der Waals surface area contributed by atoms with E-state index in [1.165, 1.54) is 6.42 Å². The lowest BCUT2D eigenvalue weighted by Gasteiger charge is -2.27. The lowest BCUT2D eigenvalue weighted by Crippen LogP contribution is -2.38. The van der Waals surface area contributed by atoms with Crippen LogP contribution in [-0.4, -0.2) is 31.1 Å². The fourth-order valence-corrected chi connectivity index (χ4v) is 2.78. The molecule has 0 atom stereocenters. The molecule has 0 radical (unpaired) electrons. The van der Waals surface area contributed by atoms with E-state index in [1.807, 2.05) is 41.3 Å². The zero-order valence-corrected chi connectivity index (χ0v) is 12.3. The minimum atomic E-state index is -0.0386. The molecule has 1 saturated heterocycles. The zero-order valence-electron chi connectivity index (χ0n) is 12.3. The molecule has 2 amide bonds. The van der Waals surface area contributed by atoms with Crippen LogP contribution in [0.5, 0.6) is 5.75 Å². The minimum absolute atomic E-state index is 0.0386. The normalized spacial score (nSPS) is 15.0. The standard InChI is InChI=1S/C17H20N2O2/c1-21-16-12-14-8-4-3-7-13(14)11-15(16)18-17(20)19-9-5-2-6-10-19/h3-4,7-8,11-12H,2,5-6,9-10H2,1H3,(H,18,20). The molecule has 2 aromatic carbocycles. The lowest BCUT2D eigenvalue weighted by molar-refractivity contribution is 0.200. The number of amides is 2. The van der Waals surface area contributed by atoms with Crippen LogP contribution in [-0.2, 0) is 0 Å². The van der Waals surface area contributed by atoms with Gasteiger partial charge in [-0.2, -0.15) is 0 Å². The largest absolute Gasteiger partial charge is 0.495 e. The van der Waals surface area contributed by atoms with E-state index >= 15 is 0 Å². The van der Waals surface area contributed by atoms with Crippen LogP contribution in [0.1, 0.15) is 19.3 Å². The first-order valence-corrected chi connectivity index (χ1v) is 7.40. The number of carbonyl (C=O) groups is 1. The van der Waals surface area contributed by atoms with Gasteiger partial charge in [0.2, 0.25) is 0 Å². The number of ether oxygens (including phenoxy) is 1. The maximum Gasteiger partial charge on any atom is 0.321 e. The number of anilines is 1. The zero-order chi connectivity index (χ0) is 14.7. The summed E-state index contributed by atoms with van der Waals surface area (Å²) >= 11 is 0. The third-order valence-corrected chi connectivity index (χ3v) is 3.95. The van der Waals surface area contributed by atoms with Crippen molar-refractivity contribution in [1.82, 2.24) is 4.90 Å². The number of piperidine rings is 1. The second kappa shape index (κ2) is 6.04. The van der Waals surface area contributed by atoms with E-state index < -0.39 is 0 Å². The average molecular weight is 284 g/mol. The van der Waals surface area contributed by atoms with Crippen molar-refractivity contribution in [3.05, 3.63) is 36.4 Å². The number of nitrogens with one attached hydrogen (secondary N) is 1. The molecular weight excluding hydrogens is 264 g/mol. The molecule has 0 aliphatic carbocycles. The lowest BCUT2D eigenvalue weighted by atomic mass is 10.1. The van der Waals surface area contributed by atoms with Crippen molar-refractivity contribution in [2.24, 2.45) is 0 Å². The van der Waals surface area contributed by atoms with Gasteiger partial charge in [0, 0.05) is 13.1 Å². The van der Waals surface area contributed by atoms with Crippen LogP contribution < -0.4 is 10.1 Å². The third-order valence-electron chi connectivity index (χ3n) is 3.95. The summed E-state index contributed by atoms with van der Waals surface area (Å²) in [6.45, 7) is 1.67. The van der Waals surface area contributed by atoms with Gasteiger partial charge in [-0.25, -0.2) is 4.79 Å². The summed E-state index contributed by atoms with van der Waals surface area (Å²) in [6.07, 6.45) is 3.38. The first-order valence-electron chi connectivity index (χ1n) is 7.40. The summed E-state index contributed by atoms with van der Waals surface area (Å²) in [6, 6.07) is 11.9. The molecule has 1 fully saturated rings. The average Bonchev–Trinajstić information content (AvgIpc) is 2.55. The molecule has 1 heterocycles. The first-order chi connectivity index (χ1) is 10.3. The van der Waals surface area contributed by atoms with Crippen LogP contribution in [0.15, 0.2) is 36.4 Å². The van der Waals surface area contributed by atoms with E-state index in [0.29, 0.717) is 5.75 Å². The Morgan fingerprint density at radius 1 is 1.10 bits per heavy atom. The highest BCUT2D eigenvalue weighted by Crippen LogP contribution is 2.30.